The minimum Gasteiger partial charge on any atom is -0.484 e. The Morgan fingerprint density at radius 3 is 2.71 bits per heavy atom. The Hall–Kier alpha value is -1.76. The average molecular weight is 300 g/mol. The van der Waals surface area contributed by atoms with Gasteiger partial charge in [-0.25, -0.2) is 0 Å². The van der Waals surface area contributed by atoms with E-state index in [2.05, 4.69) is 10.6 Å². The summed E-state index contributed by atoms with van der Waals surface area (Å²) in [6.07, 6.45) is -4.42. The summed E-state index contributed by atoms with van der Waals surface area (Å²) in [6.45, 7) is 1.54. The number of amides is 1. The molecule has 0 radical (unpaired) electrons. The number of rotatable bonds is 4. The number of carbonyl (C=O) groups excluding carboxylic acids is 1. The summed E-state index contributed by atoms with van der Waals surface area (Å²) in [5.41, 5.74) is -0.789. The zero-order valence-corrected chi connectivity index (χ0v) is 11.1. The highest BCUT2D eigenvalue weighted by Crippen LogP contribution is 2.41. The Kier molecular flexibility index (Phi) is 3.52. The Morgan fingerprint density at radius 2 is 2.05 bits per heavy atom. The molecule has 3 rings (SSSR count). The lowest BCUT2D eigenvalue weighted by Crippen LogP contribution is -2.35. The van der Waals surface area contributed by atoms with Gasteiger partial charge in [-0.05, 0) is 30.0 Å². The van der Waals surface area contributed by atoms with Crippen LogP contribution >= 0.6 is 0 Å². The third-order valence-corrected chi connectivity index (χ3v) is 3.95. The Morgan fingerprint density at radius 1 is 1.33 bits per heavy atom. The average Bonchev–Trinajstić information content (AvgIpc) is 2.87. The van der Waals surface area contributed by atoms with Crippen LogP contribution in [0.3, 0.4) is 0 Å². The van der Waals surface area contributed by atoms with Crippen LogP contribution in [0.5, 0.6) is 5.75 Å². The second-order valence-corrected chi connectivity index (χ2v) is 5.39. The summed E-state index contributed by atoms with van der Waals surface area (Å²) in [6, 6.07) is 4.70. The van der Waals surface area contributed by atoms with E-state index in [0.717, 1.165) is 25.2 Å². The molecule has 1 aliphatic heterocycles. The van der Waals surface area contributed by atoms with Crippen LogP contribution in [0.4, 0.5) is 13.2 Å². The van der Waals surface area contributed by atoms with Gasteiger partial charge >= 0.3 is 6.18 Å². The van der Waals surface area contributed by atoms with Gasteiger partial charge in [-0.15, -0.1) is 0 Å². The van der Waals surface area contributed by atoms with Crippen LogP contribution in [-0.2, 0) is 11.0 Å². The Bertz CT molecular complexity index is 537. The molecule has 2 N–H and O–H groups in total. The number of benzene rings is 1. The van der Waals surface area contributed by atoms with E-state index in [4.69, 9.17) is 4.74 Å². The van der Waals surface area contributed by atoms with Gasteiger partial charge in [0.1, 0.15) is 5.75 Å². The van der Waals surface area contributed by atoms with Crippen molar-refractivity contribution in [3.8, 4) is 5.75 Å². The highest BCUT2D eigenvalue weighted by molar-refractivity contribution is 5.78. The third kappa shape index (κ3) is 3.12. The quantitative estimate of drug-likeness (QED) is 0.884. The van der Waals surface area contributed by atoms with Gasteiger partial charge in [0.05, 0.1) is 5.56 Å². The van der Waals surface area contributed by atoms with E-state index in [1.807, 2.05) is 0 Å². The molecule has 1 heterocycles. The van der Waals surface area contributed by atoms with Crippen molar-refractivity contribution in [1.29, 1.82) is 0 Å². The first-order chi connectivity index (χ1) is 9.95. The van der Waals surface area contributed by atoms with Crippen LogP contribution in [0.15, 0.2) is 24.3 Å². The second-order valence-electron chi connectivity index (χ2n) is 5.39. The maximum atomic E-state index is 12.5. The number of nitrogens with one attached hydrogen (secondary N) is 2. The zero-order valence-electron chi connectivity index (χ0n) is 11.1. The fourth-order valence-corrected chi connectivity index (χ4v) is 2.77. The summed E-state index contributed by atoms with van der Waals surface area (Å²) < 4.78 is 42.7. The van der Waals surface area contributed by atoms with E-state index < -0.39 is 11.7 Å². The minimum atomic E-state index is -4.42. The van der Waals surface area contributed by atoms with Crippen molar-refractivity contribution in [1.82, 2.24) is 10.6 Å². The fourth-order valence-electron chi connectivity index (χ4n) is 2.77. The lowest BCUT2D eigenvalue weighted by atomic mass is 10.2. The predicted molar refractivity (Wildman–Crippen MR) is 68.7 cm³/mol. The van der Waals surface area contributed by atoms with E-state index in [-0.39, 0.29) is 24.3 Å². The van der Waals surface area contributed by atoms with E-state index in [9.17, 15) is 18.0 Å². The lowest BCUT2D eigenvalue weighted by Gasteiger charge is -2.11. The van der Waals surface area contributed by atoms with Crippen LogP contribution < -0.4 is 15.4 Å². The number of hydrogen-bond acceptors (Lipinski definition) is 3. The van der Waals surface area contributed by atoms with Crippen molar-refractivity contribution in [3.05, 3.63) is 29.8 Å². The molecule has 1 aromatic rings. The number of piperidine rings is 1. The molecule has 2 fully saturated rings. The molecule has 114 valence electrons. The Balaban J connectivity index is 1.49. The molecular formula is C14H15F3N2O2. The van der Waals surface area contributed by atoms with Crippen LogP contribution in [0.25, 0.3) is 0 Å². The SMILES string of the molecule is O=C(COc1cccc(C(F)(F)F)c1)NC1[C@H]2CNC[C@@H]12. The van der Waals surface area contributed by atoms with Gasteiger partial charge in [-0.2, -0.15) is 13.2 Å². The van der Waals surface area contributed by atoms with Gasteiger partial charge in [-0.1, -0.05) is 6.07 Å². The molecule has 1 saturated carbocycles. The van der Waals surface area contributed by atoms with Crippen molar-refractivity contribution in [2.45, 2.75) is 12.2 Å². The first-order valence-electron chi connectivity index (χ1n) is 6.75. The van der Waals surface area contributed by atoms with Crippen LogP contribution in [0.1, 0.15) is 5.56 Å². The molecule has 4 nitrogen and oxygen atoms in total. The monoisotopic (exact) mass is 300 g/mol. The van der Waals surface area contributed by atoms with Crippen molar-refractivity contribution in [2.24, 2.45) is 11.8 Å². The number of fused-ring (bicyclic) bond motifs is 1. The molecule has 7 heteroatoms. The number of carbonyl (C=O) groups is 1. The van der Waals surface area contributed by atoms with Gasteiger partial charge in [0.25, 0.3) is 5.91 Å². The summed E-state index contributed by atoms with van der Waals surface area (Å²) >= 11 is 0. The molecule has 1 aromatic carbocycles. The maximum Gasteiger partial charge on any atom is 0.416 e. The topological polar surface area (TPSA) is 50.4 Å². The molecular weight excluding hydrogens is 285 g/mol. The predicted octanol–water partition coefficient (Wildman–Crippen LogP) is 1.42. The molecule has 0 spiro atoms. The number of alkyl halides is 3. The smallest absolute Gasteiger partial charge is 0.416 e. The molecule has 3 atom stereocenters. The van der Waals surface area contributed by atoms with Crippen LogP contribution in [0.2, 0.25) is 0 Å². The first-order valence-corrected chi connectivity index (χ1v) is 6.75. The largest absolute Gasteiger partial charge is 0.484 e. The second kappa shape index (κ2) is 5.22. The van der Waals surface area contributed by atoms with Crippen molar-refractivity contribution in [3.63, 3.8) is 0 Å². The van der Waals surface area contributed by atoms with E-state index in [1.54, 1.807) is 0 Å². The molecule has 0 aromatic heterocycles. The van der Waals surface area contributed by atoms with Crippen molar-refractivity contribution in [2.75, 3.05) is 19.7 Å². The highest BCUT2D eigenvalue weighted by Gasteiger charge is 2.53. The molecule has 0 bridgehead atoms. The summed E-state index contributed by atoms with van der Waals surface area (Å²) in [7, 11) is 0. The maximum absolute atomic E-state index is 12.5. The fraction of sp³-hybridized carbons (Fsp3) is 0.500. The van der Waals surface area contributed by atoms with Crippen LogP contribution in [-0.4, -0.2) is 31.6 Å². The standard InChI is InChI=1S/C14H15F3N2O2/c15-14(16,17)8-2-1-3-9(4-8)21-7-12(20)19-13-10-5-18-6-11(10)13/h1-4,10-11,13,18H,5-7H2,(H,19,20)/t10-,11+,13?. The molecule has 1 saturated heterocycles. The number of hydrogen-bond donors (Lipinski definition) is 2. The van der Waals surface area contributed by atoms with Crippen molar-refractivity contribution < 1.29 is 22.7 Å². The lowest BCUT2D eigenvalue weighted by molar-refractivity contribution is -0.137. The van der Waals surface area contributed by atoms with Crippen LogP contribution in [0, 0.1) is 11.8 Å². The molecule has 1 amide bonds. The summed E-state index contributed by atoms with van der Waals surface area (Å²) in [4.78, 5) is 11.7. The summed E-state index contributed by atoms with van der Waals surface area (Å²) in [5.74, 6) is 0.717. The Labute approximate surface area is 119 Å². The minimum absolute atomic E-state index is 0.0395. The molecule has 21 heavy (non-hydrogen) atoms. The summed E-state index contributed by atoms with van der Waals surface area (Å²) in [5, 5.41) is 6.06. The first kappa shape index (κ1) is 14.2. The van der Waals surface area contributed by atoms with Gasteiger partial charge in [0.2, 0.25) is 0 Å². The highest BCUT2D eigenvalue weighted by atomic mass is 19.4. The molecule has 2 aliphatic rings. The van der Waals surface area contributed by atoms with Gasteiger partial charge in [-0.3, -0.25) is 4.79 Å². The van der Waals surface area contributed by atoms with Crippen molar-refractivity contribution >= 4 is 5.91 Å². The van der Waals surface area contributed by atoms with Gasteiger partial charge in [0.15, 0.2) is 6.61 Å². The van der Waals surface area contributed by atoms with Gasteiger partial charge in [0, 0.05) is 19.1 Å². The van der Waals surface area contributed by atoms with E-state index in [0.29, 0.717) is 11.8 Å². The van der Waals surface area contributed by atoms with E-state index in [1.165, 1.54) is 12.1 Å². The zero-order chi connectivity index (χ0) is 15.0. The molecule has 1 unspecified atom stereocenters. The van der Waals surface area contributed by atoms with E-state index >= 15 is 0 Å². The van der Waals surface area contributed by atoms with Gasteiger partial charge < -0.3 is 15.4 Å². The molecule has 1 aliphatic carbocycles. The number of halogens is 3. The third-order valence-electron chi connectivity index (χ3n) is 3.95. The number of ether oxygens (including phenoxy) is 1. The normalized spacial score (nSPS) is 27.1.